The van der Waals surface area contributed by atoms with E-state index in [-0.39, 0.29) is 17.4 Å². The van der Waals surface area contributed by atoms with Crippen LogP contribution in [-0.2, 0) is 10.3 Å². The zero-order chi connectivity index (χ0) is 24.9. The van der Waals surface area contributed by atoms with E-state index < -0.39 is 5.82 Å². The number of piperidine rings is 1. The van der Waals surface area contributed by atoms with Crippen LogP contribution in [-0.4, -0.2) is 62.8 Å². The Kier molecular flexibility index (Phi) is 5.74. The van der Waals surface area contributed by atoms with Gasteiger partial charge in [0.2, 0.25) is 5.95 Å². The number of anilines is 2. The monoisotopic (exact) mass is 482 g/mol. The lowest BCUT2D eigenvalue weighted by molar-refractivity contribution is 0.101. The van der Waals surface area contributed by atoms with Crippen molar-refractivity contribution in [2.24, 2.45) is 0 Å². The Bertz CT molecular complexity index is 1380. The summed E-state index contributed by atoms with van der Waals surface area (Å²) >= 11 is 0. The largest absolute Gasteiger partial charge is 0.494 e. The minimum atomic E-state index is -0.432. The third-order valence-corrected chi connectivity index (χ3v) is 6.83. The number of nitrogens with zero attached hydrogens (tertiary/aromatic N) is 7. The third-order valence-electron chi connectivity index (χ3n) is 6.83. The standard InChI is InChI=1S/C24H31FN8O2/c1-14-6-7-15(11-31(14)17-10-27-32(12-17)24(2,3)13-34-4)21-29-22-18-8-16(25)9-19(35-5)20(18)28-23(26)33(22)30-21/h8-10,12,14-15H,6-7,11,13H2,1-5H3,(H2,26,28). The number of benzene rings is 1. The molecule has 11 heteroatoms. The Labute approximate surface area is 202 Å². The summed E-state index contributed by atoms with van der Waals surface area (Å²) in [6.45, 7) is 7.70. The van der Waals surface area contributed by atoms with E-state index in [0.717, 1.165) is 25.1 Å². The first-order valence-electron chi connectivity index (χ1n) is 11.7. The first kappa shape index (κ1) is 23.3. The van der Waals surface area contributed by atoms with Crippen molar-refractivity contribution in [3.05, 3.63) is 36.2 Å². The van der Waals surface area contributed by atoms with Crippen LogP contribution in [0.3, 0.4) is 0 Å². The fourth-order valence-corrected chi connectivity index (χ4v) is 4.90. The van der Waals surface area contributed by atoms with E-state index in [1.807, 2.05) is 10.9 Å². The maximum Gasteiger partial charge on any atom is 0.223 e. The highest BCUT2D eigenvalue weighted by atomic mass is 19.1. The van der Waals surface area contributed by atoms with E-state index in [4.69, 9.17) is 20.2 Å². The van der Waals surface area contributed by atoms with Gasteiger partial charge in [0.1, 0.15) is 17.1 Å². The molecule has 0 amide bonds. The maximum atomic E-state index is 14.3. The molecule has 186 valence electrons. The highest BCUT2D eigenvalue weighted by Gasteiger charge is 2.31. The summed E-state index contributed by atoms with van der Waals surface area (Å²) < 4.78 is 28.4. The molecule has 3 aromatic heterocycles. The lowest BCUT2D eigenvalue weighted by Crippen LogP contribution is -2.41. The van der Waals surface area contributed by atoms with E-state index in [1.165, 1.54) is 23.8 Å². The van der Waals surface area contributed by atoms with E-state index >= 15 is 0 Å². The number of hydrogen-bond donors (Lipinski definition) is 1. The molecule has 0 aliphatic carbocycles. The molecule has 0 radical (unpaired) electrons. The summed E-state index contributed by atoms with van der Waals surface area (Å²) in [5, 5.41) is 9.80. The van der Waals surface area contributed by atoms with Crippen LogP contribution in [0.5, 0.6) is 5.75 Å². The van der Waals surface area contributed by atoms with Crippen molar-refractivity contribution in [2.75, 3.05) is 38.0 Å². The van der Waals surface area contributed by atoms with Crippen LogP contribution in [0.1, 0.15) is 45.4 Å². The number of nitrogens with two attached hydrogens (primary N) is 1. The second kappa shape index (κ2) is 8.63. The van der Waals surface area contributed by atoms with Crippen LogP contribution >= 0.6 is 0 Å². The fourth-order valence-electron chi connectivity index (χ4n) is 4.90. The Morgan fingerprint density at radius 2 is 2.00 bits per heavy atom. The average Bonchev–Trinajstić information content (AvgIpc) is 3.48. The molecule has 0 bridgehead atoms. The van der Waals surface area contributed by atoms with Crippen molar-refractivity contribution in [1.29, 1.82) is 0 Å². The van der Waals surface area contributed by atoms with Crippen molar-refractivity contribution < 1.29 is 13.9 Å². The number of hydrogen-bond acceptors (Lipinski definition) is 8. The molecule has 2 unspecified atom stereocenters. The number of ether oxygens (including phenoxy) is 2. The van der Waals surface area contributed by atoms with Gasteiger partial charge >= 0.3 is 0 Å². The normalized spacial score (nSPS) is 19.1. The van der Waals surface area contributed by atoms with Gasteiger partial charge in [0, 0.05) is 37.9 Å². The molecule has 1 saturated heterocycles. The van der Waals surface area contributed by atoms with Gasteiger partial charge in [-0.15, -0.1) is 5.10 Å². The fraction of sp³-hybridized carbons (Fsp3) is 0.500. The van der Waals surface area contributed by atoms with Crippen LogP contribution in [0.25, 0.3) is 16.6 Å². The van der Waals surface area contributed by atoms with E-state index in [9.17, 15) is 4.39 Å². The van der Waals surface area contributed by atoms with Crippen molar-refractivity contribution >= 4 is 28.2 Å². The summed E-state index contributed by atoms with van der Waals surface area (Å²) in [6, 6.07) is 3.03. The predicted octanol–water partition coefficient (Wildman–Crippen LogP) is 3.36. The second-order valence-electron chi connectivity index (χ2n) is 9.84. The number of aromatic nitrogens is 6. The lowest BCUT2D eigenvalue weighted by atomic mass is 9.92. The van der Waals surface area contributed by atoms with Gasteiger partial charge < -0.3 is 20.1 Å². The van der Waals surface area contributed by atoms with Crippen molar-refractivity contribution in [3.8, 4) is 5.75 Å². The SMILES string of the molecule is COCC(C)(C)n1cc(N2CC(c3nc4c5cc(F)cc(OC)c5nc(N)n4n3)CCC2C)cn1. The third kappa shape index (κ3) is 4.03. The van der Waals surface area contributed by atoms with Crippen molar-refractivity contribution in [1.82, 2.24) is 29.4 Å². The minimum Gasteiger partial charge on any atom is -0.494 e. The summed E-state index contributed by atoms with van der Waals surface area (Å²) in [5.41, 5.74) is 7.93. The van der Waals surface area contributed by atoms with Crippen LogP contribution in [0.15, 0.2) is 24.5 Å². The smallest absolute Gasteiger partial charge is 0.223 e. The van der Waals surface area contributed by atoms with Gasteiger partial charge in [0.25, 0.3) is 0 Å². The van der Waals surface area contributed by atoms with E-state index in [1.54, 1.807) is 7.11 Å². The number of fused-ring (bicyclic) bond motifs is 3. The van der Waals surface area contributed by atoms with Gasteiger partial charge in [0.15, 0.2) is 11.5 Å². The van der Waals surface area contributed by atoms with Gasteiger partial charge in [-0.2, -0.15) is 9.61 Å². The molecule has 0 spiro atoms. The van der Waals surface area contributed by atoms with Crippen LogP contribution in [0.2, 0.25) is 0 Å². The maximum absolute atomic E-state index is 14.3. The van der Waals surface area contributed by atoms with Gasteiger partial charge in [0.05, 0.1) is 36.5 Å². The van der Waals surface area contributed by atoms with Gasteiger partial charge in [-0.05, 0) is 39.7 Å². The lowest BCUT2D eigenvalue weighted by Gasteiger charge is -2.38. The van der Waals surface area contributed by atoms with Gasteiger partial charge in [-0.1, -0.05) is 0 Å². The molecule has 5 rings (SSSR count). The molecule has 4 aromatic rings. The molecule has 1 aliphatic heterocycles. The summed E-state index contributed by atoms with van der Waals surface area (Å²) in [4.78, 5) is 11.6. The first-order valence-corrected chi connectivity index (χ1v) is 11.7. The highest BCUT2D eigenvalue weighted by molar-refractivity contribution is 5.95. The van der Waals surface area contributed by atoms with Crippen LogP contribution < -0.4 is 15.4 Å². The topological polar surface area (TPSA) is 109 Å². The molecular formula is C24H31FN8O2. The quantitative estimate of drug-likeness (QED) is 0.446. The summed E-state index contributed by atoms with van der Waals surface area (Å²) in [7, 11) is 3.17. The zero-order valence-corrected chi connectivity index (χ0v) is 20.7. The highest BCUT2D eigenvalue weighted by Crippen LogP contribution is 2.34. The molecule has 0 saturated carbocycles. The molecule has 1 aliphatic rings. The molecule has 1 aromatic carbocycles. The number of nitrogen functional groups attached to an aromatic ring is 1. The predicted molar refractivity (Wildman–Crippen MR) is 131 cm³/mol. The molecule has 35 heavy (non-hydrogen) atoms. The molecule has 2 N–H and O–H groups in total. The Morgan fingerprint density at radius 1 is 1.20 bits per heavy atom. The molecule has 10 nitrogen and oxygen atoms in total. The minimum absolute atomic E-state index is 0.0753. The van der Waals surface area contributed by atoms with Crippen molar-refractivity contribution in [2.45, 2.75) is 51.1 Å². The molecule has 1 fully saturated rings. The van der Waals surface area contributed by atoms with Crippen LogP contribution in [0.4, 0.5) is 16.0 Å². The number of methoxy groups -OCH3 is 2. The zero-order valence-electron chi connectivity index (χ0n) is 20.7. The molecule has 4 heterocycles. The summed E-state index contributed by atoms with van der Waals surface area (Å²) in [6.07, 6.45) is 5.88. The second-order valence-corrected chi connectivity index (χ2v) is 9.84. The summed E-state index contributed by atoms with van der Waals surface area (Å²) in [5.74, 6) is 0.798. The first-order chi connectivity index (χ1) is 16.7. The number of halogens is 1. The van der Waals surface area contributed by atoms with Gasteiger partial charge in [-0.25, -0.2) is 14.4 Å². The molecular weight excluding hydrogens is 451 g/mol. The van der Waals surface area contributed by atoms with E-state index in [0.29, 0.717) is 40.8 Å². The Balaban J connectivity index is 1.50. The van der Waals surface area contributed by atoms with Crippen LogP contribution in [0, 0.1) is 5.82 Å². The average molecular weight is 483 g/mol. The number of rotatable bonds is 6. The van der Waals surface area contributed by atoms with E-state index in [2.05, 4.69) is 47.0 Å². The van der Waals surface area contributed by atoms with Crippen molar-refractivity contribution in [3.63, 3.8) is 0 Å². The molecule has 2 atom stereocenters. The Morgan fingerprint density at radius 3 is 2.74 bits per heavy atom. The Hall–Kier alpha value is -3.47. The van der Waals surface area contributed by atoms with Gasteiger partial charge in [-0.3, -0.25) is 4.68 Å².